The predicted molar refractivity (Wildman–Crippen MR) is 81.2 cm³/mol. The Kier molecular flexibility index (Phi) is 4.52. The van der Waals surface area contributed by atoms with Crippen molar-refractivity contribution >= 4 is 54.8 Å². The van der Waals surface area contributed by atoms with E-state index in [0.717, 1.165) is 11.3 Å². The first kappa shape index (κ1) is 15.5. The number of aromatic nitrogens is 2. The van der Waals surface area contributed by atoms with Gasteiger partial charge in [0.15, 0.2) is 0 Å². The average Bonchev–Trinajstić information content (AvgIpc) is 2.69. The van der Waals surface area contributed by atoms with Crippen LogP contribution in [0.3, 0.4) is 0 Å². The highest BCUT2D eigenvalue weighted by atomic mass is 79.9. The first-order chi connectivity index (χ1) is 9.31. The number of halogens is 2. The number of sulfonamides is 1. The molecule has 20 heavy (non-hydrogen) atoms. The predicted octanol–water partition coefficient (Wildman–Crippen LogP) is 3.07. The van der Waals surface area contributed by atoms with E-state index in [1.54, 1.807) is 13.0 Å². The molecule has 0 fully saturated rings. The number of nitrogens with zero attached hydrogens (tertiary/aromatic N) is 2. The Labute approximate surface area is 133 Å². The lowest BCUT2D eigenvalue weighted by Gasteiger charge is -2.07. The summed E-state index contributed by atoms with van der Waals surface area (Å²) in [5.41, 5.74) is 0.583. The van der Waals surface area contributed by atoms with Crippen molar-refractivity contribution in [2.24, 2.45) is 0 Å². The van der Waals surface area contributed by atoms with Crippen molar-refractivity contribution in [3.05, 3.63) is 26.6 Å². The minimum Gasteiger partial charge on any atom is -0.481 e. The first-order valence-corrected chi connectivity index (χ1v) is 8.66. The van der Waals surface area contributed by atoms with Gasteiger partial charge >= 0.3 is 0 Å². The summed E-state index contributed by atoms with van der Waals surface area (Å²) in [5.74, 6) is 0.225. The van der Waals surface area contributed by atoms with Crippen LogP contribution in [0.5, 0.6) is 5.88 Å². The summed E-state index contributed by atoms with van der Waals surface area (Å²) in [6.07, 6.45) is 0. The highest BCUT2D eigenvalue weighted by molar-refractivity contribution is 9.11. The van der Waals surface area contributed by atoms with E-state index in [4.69, 9.17) is 16.3 Å². The Morgan fingerprint density at radius 1 is 1.40 bits per heavy atom. The molecule has 108 valence electrons. The molecule has 0 bridgehead atoms. The van der Waals surface area contributed by atoms with Crippen molar-refractivity contribution in [3.63, 3.8) is 0 Å². The van der Waals surface area contributed by atoms with E-state index < -0.39 is 10.0 Å². The number of anilines is 1. The lowest BCUT2D eigenvalue weighted by atomic mass is 10.4. The Bertz CT molecular complexity index is 729. The molecular weight excluding hydrogens is 390 g/mol. The van der Waals surface area contributed by atoms with Gasteiger partial charge in [-0.05, 0) is 28.9 Å². The van der Waals surface area contributed by atoms with Gasteiger partial charge < -0.3 is 4.74 Å². The monoisotopic (exact) mass is 397 g/mol. The van der Waals surface area contributed by atoms with E-state index >= 15 is 0 Å². The molecule has 0 aliphatic heterocycles. The van der Waals surface area contributed by atoms with Crippen molar-refractivity contribution in [1.29, 1.82) is 0 Å². The van der Waals surface area contributed by atoms with Gasteiger partial charge in [-0.2, -0.15) is 4.98 Å². The van der Waals surface area contributed by atoms with Crippen LogP contribution in [0.2, 0.25) is 5.02 Å². The quantitative estimate of drug-likeness (QED) is 0.856. The zero-order chi connectivity index (χ0) is 14.9. The molecule has 0 saturated carbocycles. The maximum atomic E-state index is 12.2. The molecule has 2 aromatic heterocycles. The zero-order valence-corrected chi connectivity index (χ0v) is 14.3. The van der Waals surface area contributed by atoms with Crippen molar-refractivity contribution in [3.8, 4) is 5.88 Å². The van der Waals surface area contributed by atoms with E-state index in [9.17, 15) is 8.42 Å². The second kappa shape index (κ2) is 5.84. The largest absolute Gasteiger partial charge is 0.481 e. The van der Waals surface area contributed by atoms with Crippen molar-refractivity contribution < 1.29 is 13.2 Å². The first-order valence-electron chi connectivity index (χ1n) is 5.19. The van der Waals surface area contributed by atoms with E-state index in [1.807, 2.05) is 0 Å². The van der Waals surface area contributed by atoms with Crippen molar-refractivity contribution in [2.75, 3.05) is 11.8 Å². The lowest BCUT2D eigenvalue weighted by Crippen LogP contribution is -2.14. The second-order valence-electron chi connectivity index (χ2n) is 3.67. The van der Waals surface area contributed by atoms with Crippen LogP contribution in [0.15, 0.2) is 20.1 Å². The Hall–Kier alpha value is -0.900. The number of ether oxygens (including phenoxy) is 1. The van der Waals surface area contributed by atoms with Gasteiger partial charge in [-0.15, -0.1) is 11.3 Å². The molecule has 0 saturated heterocycles. The highest BCUT2D eigenvalue weighted by Crippen LogP contribution is 2.35. The fourth-order valence-corrected chi connectivity index (χ4v) is 4.66. The van der Waals surface area contributed by atoms with Crippen LogP contribution in [0, 0.1) is 6.92 Å². The fourth-order valence-electron chi connectivity index (χ4n) is 1.32. The van der Waals surface area contributed by atoms with Crippen molar-refractivity contribution in [2.45, 2.75) is 11.1 Å². The third kappa shape index (κ3) is 3.40. The molecule has 0 spiro atoms. The molecule has 2 heterocycles. The van der Waals surface area contributed by atoms with Crippen LogP contribution in [-0.4, -0.2) is 25.5 Å². The number of hydrogen-bond acceptors (Lipinski definition) is 6. The van der Waals surface area contributed by atoms with Crippen LogP contribution in [0.1, 0.15) is 5.69 Å². The third-order valence-corrected chi connectivity index (χ3v) is 6.43. The minimum atomic E-state index is -3.78. The van der Waals surface area contributed by atoms with Crippen LogP contribution >= 0.6 is 38.9 Å². The molecular formula is C10H9BrClN3O3S2. The average molecular weight is 399 g/mol. The van der Waals surface area contributed by atoms with Crippen LogP contribution in [-0.2, 0) is 10.0 Å². The summed E-state index contributed by atoms with van der Waals surface area (Å²) < 4.78 is 32.2. The molecule has 6 nitrogen and oxygen atoms in total. The van der Waals surface area contributed by atoms with Gasteiger partial charge in [0.2, 0.25) is 11.8 Å². The molecule has 0 aliphatic rings. The van der Waals surface area contributed by atoms with Gasteiger partial charge in [0.25, 0.3) is 10.0 Å². The van der Waals surface area contributed by atoms with Gasteiger partial charge in [0.1, 0.15) is 4.21 Å². The topological polar surface area (TPSA) is 81.2 Å². The van der Waals surface area contributed by atoms with E-state index in [2.05, 4.69) is 30.6 Å². The van der Waals surface area contributed by atoms with Crippen molar-refractivity contribution in [1.82, 2.24) is 9.97 Å². The summed E-state index contributed by atoms with van der Waals surface area (Å²) in [7, 11) is -2.34. The number of methoxy groups -OCH3 is 1. The molecule has 0 amide bonds. The summed E-state index contributed by atoms with van der Waals surface area (Å²) in [4.78, 5) is 7.93. The summed E-state index contributed by atoms with van der Waals surface area (Å²) in [6.45, 7) is 1.71. The molecule has 0 atom stereocenters. The van der Waals surface area contributed by atoms with Gasteiger partial charge in [0, 0.05) is 11.8 Å². The number of rotatable bonds is 4. The van der Waals surface area contributed by atoms with E-state index in [0.29, 0.717) is 14.5 Å². The molecule has 1 N–H and O–H groups in total. The molecule has 0 unspecified atom stereocenters. The van der Waals surface area contributed by atoms with E-state index in [-0.39, 0.29) is 16.0 Å². The maximum Gasteiger partial charge on any atom is 0.273 e. The normalized spacial score (nSPS) is 11.4. The summed E-state index contributed by atoms with van der Waals surface area (Å²) >= 11 is 10.0. The number of hydrogen-bond donors (Lipinski definition) is 1. The smallest absolute Gasteiger partial charge is 0.273 e. The molecule has 10 heteroatoms. The van der Waals surface area contributed by atoms with Crippen LogP contribution < -0.4 is 9.46 Å². The van der Waals surface area contributed by atoms with Gasteiger partial charge in [-0.3, -0.25) is 0 Å². The highest BCUT2D eigenvalue weighted by Gasteiger charge is 2.20. The van der Waals surface area contributed by atoms with Crippen LogP contribution in [0.25, 0.3) is 0 Å². The third-order valence-electron chi connectivity index (χ3n) is 2.15. The molecule has 2 rings (SSSR count). The number of aryl methyl sites for hydroxylation is 1. The van der Waals surface area contributed by atoms with Gasteiger partial charge in [-0.1, -0.05) is 11.6 Å². The Morgan fingerprint density at radius 3 is 2.65 bits per heavy atom. The Balaban J connectivity index is 2.35. The number of thiophene rings is 1. The molecule has 0 aliphatic carbocycles. The van der Waals surface area contributed by atoms with E-state index in [1.165, 1.54) is 13.2 Å². The minimum absolute atomic E-state index is 0.0532. The number of nitrogens with one attached hydrogen (secondary N) is 1. The molecule has 2 aromatic rings. The van der Waals surface area contributed by atoms with Crippen LogP contribution in [0.4, 0.5) is 5.95 Å². The Morgan fingerprint density at radius 2 is 2.10 bits per heavy atom. The van der Waals surface area contributed by atoms with Gasteiger partial charge in [-0.25, -0.2) is 18.1 Å². The standard InChI is InChI=1S/C10H9BrClN3O3S2/c1-5-3-7(18-2)14-10(13-5)15-20(16,17)8-4-6(12)9(11)19-8/h3-4H,1-2H3,(H,13,14,15). The molecule has 0 aromatic carbocycles. The zero-order valence-electron chi connectivity index (χ0n) is 10.3. The fraction of sp³-hybridized carbons (Fsp3) is 0.200. The summed E-state index contributed by atoms with van der Waals surface area (Å²) in [6, 6.07) is 2.95. The second-order valence-corrected chi connectivity index (χ2v) is 8.35. The maximum absolute atomic E-state index is 12.2. The SMILES string of the molecule is COc1cc(C)nc(NS(=O)(=O)c2cc(Cl)c(Br)s2)n1. The summed E-state index contributed by atoms with van der Waals surface area (Å²) in [5, 5.41) is 0.332. The lowest BCUT2D eigenvalue weighted by molar-refractivity contribution is 0.397. The van der Waals surface area contributed by atoms with Gasteiger partial charge in [0.05, 0.1) is 15.9 Å². The molecule has 0 radical (unpaired) electrons.